The number of aryl methyl sites for hydroxylation is 1. The molecular formula is C21H22FN5O2S. The van der Waals surface area contributed by atoms with E-state index in [4.69, 9.17) is 4.74 Å². The predicted molar refractivity (Wildman–Crippen MR) is 114 cm³/mol. The van der Waals surface area contributed by atoms with Crippen LogP contribution in [0, 0.1) is 5.82 Å². The summed E-state index contributed by atoms with van der Waals surface area (Å²) in [5, 5.41) is 11.4. The van der Waals surface area contributed by atoms with Crippen LogP contribution < -0.4 is 15.5 Å². The van der Waals surface area contributed by atoms with Crippen molar-refractivity contribution in [1.29, 1.82) is 0 Å². The van der Waals surface area contributed by atoms with Crippen molar-refractivity contribution in [3.63, 3.8) is 0 Å². The number of nitrogens with one attached hydrogen (secondary N) is 2. The van der Waals surface area contributed by atoms with Crippen molar-refractivity contribution in [2.24, 2.45) is 0 Å². The molecule has 2 aromatic carbocycles. The van der Waals surface area contributed by atoms with Gasteiger partial charge in [-0.05, 0) is 48.9 Å². The summed E-state index contributed by atoms with van der Waals surface area (Å²) in [6, 6.07) is 13.1. The van der Waals surface area contributed by atoms with Crippen molar-refractivity contribution in [3.8, 4) is 5.75 Å². The molecule has 156 valence electrons. The Labute approximate surface area is 178 Å². The van der Waals surface area contributed by atoms with Crippen LogP contribution in [0.5, 0.6) is 5.75 Å². The van der Waals surface area contributed by atoms with Gasteiger partial charge in [0.05, 0.1) is 12.6 Å². The van der Waals surface area contributed by atoms with Crippen LogP contribution in [-0.4, -0.2) is 32.6 Å². The summed E-state index contributed by atoms with van der Waals surface area (Å²) in [4.78, 5) is 13.1. The molecule has 1 aromatic heterocycles. The summed E-state index contributed by atoms with van der Waals surface area (Å²) >= 11 is 1.35. The Morgan fingerprint density at radius 2 is 1.90 bits per heavy atom. The van der Waals surface area contributed by atoms with Crippen molar-refractivity contribution >= 4 is 23.4 Å². The second kappa shape index (κ2) is 8.74. The lowest BCUT2D eigenvalue weighted by molar-refractivity contribution is -0.116. The van der Waals surface area contributed by atoms with Crippen molar-refractivity contribution in [1.82, 2.24) is 14.9 Å². The molecular weight excluding hydrogens is 405 g/mol. The molecule has 0 saturated heterocycles. The van der Waals surface area contributed by atoms with E-state index in [1.165, 1.54) is 36.0 Å². The second-order valence-electron chi connectivity index (χ2n) is 6.73. The third-order valence-corrected chi connectivity index (χ3v) is 5.96. The van der Waals surface area contributed by atoms with E-state index in [1.54, 1.807) is 0 Å². The molecule has 1 amide bonds. The first kappa shape index (κ1) is 20.2. The molecule has 30 heavy (non-hydrogen) atoms. The number of fused-ring (bicyclic) bond motifs is 1. The molecule has 0 fully saturated rings. The zero-order valence-corrected chi connectivity index (χ0v) is 17.4. The van der Waals surface area contributed by atoms with Gasteiger partial charge in [0.1, 0.15) is 16.8 Å². The first-order valence-electron chi connectivity index (χ1n) is 9.75. The number of amides is 1. The summed E-state index contributed by atoms with van der Waals surface area (Å²) in [7, 11) is 0. The number of benzene rings is 2. The topological polar surface area (TPSA) is 81.1 Å². The van der Waals surface area contributed by atoms with Gasteiger partial charge >= 0.3 is 0 Å². The number of carbonyl (C=O) groups is 1. The highest BCUT2D eigenvalue weighted by Gasteiger charge is 2.37. The molecule has 7 nitrogen and oxygen atoms in total. The maximum Gasteiger partial charge on any atom is 0.240 e. The zero-order chi connectivity index (χ0) is 21.1. The molecule has 2 unspecified atom stereocenters. The number of carbonyl (C=O) groups excluding carboxylic acids is 1. The van der Waals surface area contributed by atoms with Gasteiger partial charge in [-0.25, -0.2) is 9.07 Å². The number of hydrogen-bond acceptors (Lipinski definition) is 6. The van der Waals surface area contributed by atoms with Crippen molar-refractivity contribution < 1.29 is 13.9 Å². The molecule has 2 heterocycles. The minimum absolute atomic E-state index is 0.203. The Bertz CT molecular complexity index is 1020. The maximum absolute atomic E-state index is 13.2. The van der Waals surface area contributed by atoms with Gasteiger partial charge in [-0.3, -0.25) is 4.79 Å². The molecule has 0 spiro atoms. The third kappa shape index (κ3) is 4.11. The van der Waals surface area contributed by atoms with Crippen LogP contribution in [0.2, 0.25) is 0 Å². The fourth-order valence-corrected chi connectivity index (χ4v) is 4.36. The number of hydrogen-bond donors (Lipinski definition) is 2. The predicted octanol–water partition coefficient (Wildman–Crippen LogP) is 3.78. The van der Waals surface area contributed by atoms with E-state index in [0.717, 1.165) is 17.1 Å². The Morgan fingerprint density at radius 1 is 1.17 bits per heavy atom. The first-order valence-corrected chi connectivity index (χ1v) is 10.6. The Morgan fingerprint density at radius 3 is 2.57 bits per heavy atom. The van der Waals surface area contributed by atoms with Gasteiger partial charge < -0.3 is 15.5 Å². The lowest BCUT2D eigenvalue weighted by Gasteiger charge is -2.33. The Hall–Kier alpha value is -3.07. The molecule has 0 aliphatic carbocycles. The average molecular weight is 428 g/mol. The lowest BCUT2D eigenvalue weighted by Crippen LogP contribution is -2.41. The summed E-state index contributed by atoms with van der Waals surface area (Å²) in [5.41, 5.74) is 4.87. The highest BCUT2D eigenvalue weighted by Crippen LogP contribution is 2.38. The molecule has 9 heteroatoms. The molecule has 1 aliphatic rings. The third-order valence-electron chi connectivity index (χ3n) is 4.74. The van der Waals surface area contributed by atoms with Crippen LogP contribution in [0.15, 0.2) is 53.7 Å². The summed E-state index contributed by atoms with van der Waals surface area (Å²) < 4.78 is 20.6. The van der Waals surface area contributed by atoms with E-state index in [1.807, 2.05) is 42.8 Å². The lowest BCUT2D eigenvalue weighted by atomic mass is 10.0. The number of ether oxygens (including phenoxy) is 1. The number of halogens is 1. The van der Waals surface area contributed by atoms with Gasteiger partial charge in [-0.2, -0.15) is 0 Å². The van der Waals surface area contributed by atoms with Gasteiger partial charge in [0, 0.05) is 12.1 Å². The highest BCUT2D eigenvalue weighted by atomic mass is 32.2. The summed E-state index contributed by atoms with van der Waals surface area (Å²) in [5.74, 6) is 1.02. The monoisotopic (exact) mass is 427 g/mol. The Kier molecular flexibility index (Phi) is 5.89. The maximum atomic E-state index is 13.2. The smallest absolute Gasteiger partial charge is 0.240 e. The summed E-state index contributed by atoms with van der Waals surface area (Å²) in [6.45, 7) is 4.52. The standard InChI is InChI=1S/C21H22FN5O2S/c1-3-17-24-25-21-27(17)26-18(13-5-11-16(12-6-13)29-4-2)19(30-21)20(28)23-15-9-7-14(22)8-10-15/h5-12,18-19,26H,3-4H2,1-2H3,(H,23,28). The van der Waals surface area contributed by atoms with Crippen LogP contribution in [0.25, 0.3) is 0 Å². The first-order chi connectivity index (χ1) is 14.6. The average Bonchev–Trinajstić information content (AvgIpc) is 3.17. The van der Waals surface area contributed by atoms with Gasteiger partial charge in [-0.15, -0.1) is 10.2 Å². The Balaban J connectivity index is 1.64. The van der Waals surface area contributed by atoms with Crippen molar-refractivity contribution in [3.05, 3.63) is 65.7 Å². The number of aromatic nitrogens is 3. The minimum atomic E-state index is -0.505. The quantitative estimate of drug-likeness (QED) is 0.623. The van der Waals surface area contributed by atoms with E-state index in [-0.39, 0.29) is 17.8 Å². The van der Waals surface area contributed by atoms with E-state index in [9.17, 15) is 9.18 Å². The zero-order valence-electron chi connectivity index (χ0n) is 16.6. The molecule has 0 saturated carbocycles. The molecule has 2 N–H and O–H groups in total. The molecule has 0 bridgehead atoms. The van der Waals surface area contributed by atoms with Gasteiger partial charge in [0.25, 0.3) is 0 Å². The van der Waals surface area contributed by atoms with Gasteiger partial charge in [0.15, 0.2) is 5.82 Å². The fourth-order valence-electron chi connectivity index (χ4n) is 3.26. The summed E-state index contributed by atoms with van der Waals surface area (Å²) in [6.07, 6.45) is 0.711. The number of thioether (sulfide) groups is 1. The molecule has 3 aromatic rings. The number of anilines is 1. The normalized spacial score (nSPS) is 17.7. The van der Waals surface area contributed by atoms with Crippen LogP contribution in [0.1, 0.15) is 31.3 Å². The van der Waals surface area contributed by atoms with E-state index < -0.39 is 5.25 Å². The van der Waals surface area contributed by atoms with Crippen LogP contribution in [0.4, 0.5) is 10.1 Å². The van der Waals surface area contributed by atoms with Crippen molar-refractivity contribution in [2.75, 3.05) is 17.3 Å². The molecule has 0 radical (unpaired) electrons. The minimum Gasteiger partial charge on any atom is -0.494 e. The second-order valence-corrected chi connectivity index (χ2v) is 7.84. The fraction of sp³-hybridized carbons (Fsp3) is 0.286. The molecule has 2 atom stereocenters. The highest BCUT2D eigenvalue weighted by molar-refractivity contribution is 8.00. The van der Waals surface area contributed by atoms with E-state index >= 15 is 0 Å². The number of rotatable bonds is 6. The molecule has 4 rings (SSSR count). The van der Waals surface area contributed by atoms with Gasteiger partial charge in [-0.1, -0.05) is 30.8 Å². The largest absolute Gasteiger partial charge is 0.494 e. The van der Waals surface area contributed by atoms with Gasteiger partial charge in [0.2, 0.25) is 11.1 Å². The number of nitrogens with zero attached hydrogens (tertiary/aromatic N) is 3. The van der Waals surface area contributed by atoms with Crippen molar-refractivity contribution in [2.45, 2.75) is 36.7 Å². The van der Waals surface area contributed by atoms with Crippen LogP contribution in [0.3, 0.4) is 0 Å². The SMILES string of the molecule is CCOc1ccc(C2Nn3c(CC)nnc3SC2C(=O)Nc2ccc(F)cc2)cc1. The van der Waals surface area contributed by atoms with E-state index in [0.29, 0.717) is 23.9 Å². The molecule has 1 aliphatic heterocycles. The van der Waals surface area contributed by atoms with Crippen LogP contribution >= 0.6 is 11.8 Å². The van der Waals surface area contributed by atoms with Crippen LogP contribution in [-0.2, 0) is 11.2 Å². The van der Waals surface area contributed by atoms with E-state index in [2.05, 4.69) is 20.9 Å².